The van der Waals surface area contributed by atoms with E-state index in [2.05, 4.69) is 32.3 Å². The third kappa shape index (κ3) is 5.21. The molecule has 0 saturated carbocycles. The third-order valence-corrected chi connectivity index (χ3v) is 7.62. The molecule has 0 aliphatic heterocycles. The molecule has 0 radical (unpaired) electrons. The molecule has 1 unspecified atom stereocenters. The molecule has 12 heteroatoms. The number of amides is 2. The fourth-order valence-electron chi connectivity index (χ4n) is 5.39. The lowest BCUT2D eigenvalue weighted by atomic mass is 10.0. The zero-order valence-corrected chi connectivity index (χ0v) is 25.0. The molecule has 0 bridgehead atoms. The molecular formula is C33H29N9O3. The Morgan fingerprint density at radius 2 is 1.76 bits per heavy atom. The lowest BCUT2D eigenvalue weighted by Gasteiger charge is -2.20. The van der Waals surface area contributed by atoms with Gasteiger partial charge < -0.3 is 11.1 Å². The molecule has 6 aromatic rings. The van der Waals surface area contributed by atoms with Crippen LogP contribution in [-0.4, -0.2) is 45.7 Å². The van der Waals surface area contributed by atoms with Gasteiger partial charge >= 0.3 is 0 Å². The van der Waals surface area contributed by atoms with Gasteiger partial charge in [0.05, 0.1) is 51.7 Å². The quantitative estimate of drug-likeness (QED) is 0.279. The maximum absolute atomic E-state index is 14.3. The van der Waals surface area contributed by atoms with Crippen molar-refractivity contribution in [2.45, 2.75) is 32.7 Å². The largest absolute Gasteiger partial charge is 0.369 e. The van der Waals surface area contributed by atoms with Crippen LogP contribution < -0.4 is 16.6 Å². The summed E-state index contributed by atoms with van der Waals surface area (Å²) in [7, 11) is 1.72. The maximum atomic E-state index is 14.3. The SMILES string of the molecule is Cc1nn2cccnc2c1C(=O)N[C@H](C)c1nc2cccc(C#Cc3cnn(C)c3C(C)C(N)=O)c2c(=O)n1-c1ccccc1. The van der Waals surface area contributed by atoms with Gasteiger partial charge in [0.1, 0.15) is 11.4 Å². The first-order valence-corrected chi connectivity index (χ1v) is 14.2. The monoisotopic (exact) mass is 599 g/mol. The zero-order valence-electron chi connectivity index (χ0n) is 25.0. The number of para-hydroxylation sites is 1. The standard InChI is InChI=1S/C33H29N9O3/c1-19(29(34)43)28-23(18-36-40(28)4)15-14-22-10-8-13-25-27(22)33(45)42(24-11-6-5-7-12-24)30(38-25)21(3)37-32(44)26-20(2)39-41-17-9-16-35-31(26)41/h5-13,16-19,21H,1-4H3,(H2,34,43)(H,37,44)/t19?,21-/m1/s1. The van der Waals surface area contributed by atoms with Gasteiger partial charge in [0.15, 0.2) is 5.65 Å². The number of rotatable bonds is 6. The second-order valence-corrected chi connectivity index (χ2v) is 10.6. The lowest BCUT2D eigenvalue weighted by molar-refractivity contribution is -0.119. The first-order chi connectivity index (χ1) is 21.7. The minimum atomic E-state index is -0.684. The van der Waals surface area contributed by atoms with Crippen molar-refractivity contribution in [3.8, 4) is 17.5 Å². The number of aryl methyl sites for hydroxylation is 2. The number of primary amides is 1. The number of nitrogens with two attached hydrogens (primary N) is 1. The minimum absolute atomic E-state index is 0.312. The Morgan fingerprint density at radius 1 is 1.00 bits per heavy atom. The number of nitrogens with one attached hydrogen (secondary N) is 1. The van der Waals surface area contributed by atoms with Crippen molar-refractivity contribution < 1.29 is 9.59 Å². The molecule has 224 valence electrons. The average Bonchev–Trinajstić information content (AvgIpc) is 3.57. The van der Waals surface area contributed by atoms with Crippen LogP contribution in [-0.2, 0) is 11.8 Å². The van der Waals surface area contributed by atoms with E-state index >= 15 is 0 Å². The Kier molecular flexibility index (Phi) is 7.44. The van der Waals surface area contributed by atoms with Crippen LogP contribution in [0.1, 0.15) is 64.5 Å². The van der Waals surface area contributed by atoms with Crippen LogP contribution in [0.2, 0.25) is 0 Å². The van der Waals surface area contributed by atoms with E-state index in [0.29, 0.717) is 56.1 Å². The molecule has 0 aliphatic rings. The summed E-state index contributed by atoms with van der Waals surface area (Å²) in [6.45, 7) is 5.21. The number of hydrogen-bond acceptors (Lipinski definition) is 7. The van der Waals surface area contributed by atoms with Crippen molar-refractivity contribution in [1.29, 1.82) is 0 Å². The maximum Gasteiger partial charge on any atom is 0.267 e. The summed E-state index contributed by atoms with van der Waals surface area (Å²) in [5.41, 5.74) is 9.06. The Bertz CT molecular complexity index is 2240. The molecule has 4 aromatic heterocycles. The van der Waals surface area contributed by atoms with Crippen LogP contribution in [0.5, 0.6) is 0 Å². The van der Waals surface area contributed by atoms with Gasteiger partial charge in [-0.05, 0) is 51.1 Å². The number of fused-ring (bicyclic) bond motifs is 2. The molecule has 2 amide bonds. The van der Waals surface area contributed by atoms with E-state index in [4.69, 9.17) is 10.7 Å². The zero-order chi connectivity index (χ0) is 31.8. The third-order valence-electron chi connectivity index (χ3n) is 7.62. The highest BCUT2D eigenvalue weighted by molar-refractivity contribution is 6.01. The van der Waals surface area contributed by atoms with Crippen LogP contribution >= 0.6 is 0 Å². The molecule has 12 nitrogen and oxygen atoms in total. The van der Waals surface area contributed by atoms with E-state index in [-0.39, 0.29) is 11.5 Å². The molecule has 0 spiro atoms. The summed E-state index contributed by atoms with van der Waals surface area (Å²) in [5, 5.41) is 11.9. The van der Waals surface area contributed by atoms with Crippen LogP contribution in [0, 0.1) is 18.8 Å². The number of benzene rings is 2. The van der Waals surface area contributed by atoms with Gasteiger partial charge in [-0.25, -0.2) is 14.5 Å². The highest BCUT2D eigenvalue weighted by Crippen LogP contribution is 2.22. The van der Waals surface area contributed by atoms with Gasteiger partial charge in [-0.15, -0.1) is 0 Å². The van der Waals surface area contributed by atoms with E-state index in [1.54, 1.807) is 92.0 Å². The number of carbonyl (C=O) groups is 2. The van der Waals surface area contributed by atoms with Gasteiger partial charge in [0, 0.05) is 25.0 Å². The van der Waals surface area contributed by atoms with Crippen molar-refractivity contribution in [3.05, 3.63) is 117 Å². The molecule has 0 aliphatic carbocycles. The fraction of sp³-hybridized carbons (Fsp3) is 0.182. The lowest BCUT2D eigenvalue weighted by Crippen LogP contribution is -2.33. The predicted molar refractivity (Wildman–Crippen MR) is 168 cm³/mol. The van der Waals surface area contributed by atoms with Crippen molar-refractivity contribution in [3.63, 3.8) is 0 Å². The summed E-state index contributed by atoms with van der Waals surface area (Å²) in [4.78, 5) is 49.0. The number of carbonyl (C=O) groups excluding carboxylic acids is 2. The van der Waals surface area contributed by atoms with Gasteiger partial charge in [-0.3, -0.25) is 23.6 Å². The van der Waals surface area contributed by atoms with E-state index in [1.165, 1.54) is 4.57 Å². The average molecular weight is 600 g/mol. The van der Waals surface area contributed by atoms with Gasteiger partial charge in [0.2, 0.25) is 5.91 Å². The van der Waals surface area contributed by atoms with Crippen molar-refractivity contribution in [1.82, 2.24) is 39.2 Å². The molecule has 4 heterocycles. The fourth-order valence-corrected chi connectivity index (χ4v) is 5.39. The number of hydrogen-bond donors (Lipinski definition) is 2. The van der Waals surface area contributed by atoms with Crippen LogP contribution in [0.15, 0.2) is 78.0 Å². The first-order valence-electron chi connectivity index (χ1n) is 14.2. The normalized spacial score (nSPS) is 12.4. The van der Waals surface area contributed by atoms with Crippen molar-refractivity contribution >= 4 is 28.4 Å². The smallest absolute Gasteiger partial charge is 0.267 e. The minimum Gasteiger partial charge on any atom is -0.369 e. The van der Waals surface area contributed by atoms with Crippen molar-refractivity contribution in [2.24, 2.45) is 12.8 Å². The van der Waals surface area contributed by atoms with E-state index in [9.17, 15) is 14.4 Å². The van der Waals surface area contributed by atoms with Gasteiger partial charge in [0.25, 0.3) is 11.5 Å². The van der Waals surface area contributed by atoms with E-state index in [1.807, 2.05) is 18.2 Å². The summed E-state index contributed by atoms with van der Waals surface area (Å²) in [5.74, 6) is 5.02. The van der Waals surface area contributed by atoms with Gasteiger partial charge in [-0.1, -0.05) is 36.1 Å². The van der Waals surface area contributed by atoms with Gasteiger partial charge in [-0.2, -0.15) is 10.2 Å². The molecule has 0 saturated heterocycles. The Labute approximate surface area is 257 Å². The highest BCUT2D eigenvalue weighted by Gasteiger charge is 2.25. The second-order valence-electron chi connectivity index (χ2n) is 10.6. The summed E-state index contributed by atoms with van der Waals surface area (Å²) in [6, 6.07) is 15.4. The molecule has 3 N–H and O–H groups in total. The molecule has 2 atom stereocenters. The highest BCUT2D eigenvalue weighted by atomic mass is 16.2. The van der Waals surface area contributed by atoms with Crippen LogP contribution in [0.4, 0.5) is 0 Å². The predicted octanol–water partition coefficient (Wildman–Crippen LogP) is 2.95. The van der Waals surface area contributed by atoms with Crippen molar-refractivity contribution in [2.75, 3.05) is 0 Å². The molecule has 45 heavy (non-hydrogen) atoms. The Balaban J connectivity index is 1.47. The molecular weight excluding hydrogens is 570 g/mol. The summed E-state index contributed by atoms with van der Waals surface area (Å²) in [6.07, 6.45) is 4.89. The topological polar surface area (TPSA) is 155 Å². The Morgan fingerprint density at radius 3 is 2.51 bits per heavy atom. The van der Waals surface area contributed by atoms with Crippen LogP contribution in [0.3, 0.4) is 0 Å². The van der Waals surface area contributed by atoms with Crippen LogP contribution in [0.25, 0.3) is 22.2 Å². The summed E-state index contributed by atoms with van der Waals surface area (Å²) >= 11 is 0. The first kappa shape index (κ1) is 29.0. The summed E-state index contributed by atoms with van der Waals surface area (Å²) < 4.78 is 4.61. The molecule has 2 aromatic carbocycles. The van der Waals surface area contributed by atoms with E-state index < -0.39 is 17.9 Å². The number of nitrogens with zero attached hydrogens (tertiary/aromatic N) is 7. The molecule has 6 rings (SSSR count). The Hall–Kier alpha value is -6.09. The van der Waals surface area contributed by atoms with E-state index in [0.717, 1.165) is 0 Å². The number of aromatic nitrogens is 7. The second kappa shape index (κ2) is 11.5. The molecule has 0 fully saturated rings.